The second-order valence-electron chi connectivity index (χ2n) is 6.70. The van der Waals surface area contributed by atoms with Crippen molar-refractivity contribution in [1.82, 2.24) is 9.96 Å². The zero-order valence-electron chi connectivity index (χ0n) is 14.7. The van der Waals surface area contributed by atoms with Gasteiger partial charge >= 0.3 is 12.0 Å². The number of anilines is 1. The molecule has 1 N–H and O–H groups in total. The Hall–Kier alpha value is -2.28. The van der Waals surface area contributed by atoms with Gasteiger partial charge in [0.25, 0.3) is 0 Å². The number of piperazine rings is 1. The Morgan fingerprint density at radius 2 is 1.62 bits per heavy atom. The SMILES string of the molecule is COc1ccc(NC(=O)N2CCN(OC(=O)C(C)(C)C)CC2)cc1. The van der Waals surface area contributed by atoms with E-state index < -0.39 is 5.41 Å². The average molecular weight is 335 g/mol. The summed E-state index contributed by atoms with van der Waals surface area (Å²) >= 11 is 0. The molecule has 7 heteroatoms. The van der Waals surface area contributed by atoms with E-state index in [0.29, 0.717) is 31.9 Å². The van der Waals surface area contributed by atoms with Crippen molar-refractivity contribution in [3.8, 4) is 5.75 Å². The molecule has 1 aliphatic heterocycles. The maximum Gasteiger partial charge on any atom is 0.330 e. The number of ether oxygens (including phenoxy) is 1. The summed E-state index contributed by atoms with van der Waals surface area (Å²) in [6, 6.07) is 7.00. The number of amides is 2. The van der Waals surface area contributed by atoms with E-state index in [1.165, 1.54) is 0 Å². The van der Waals surface area contributed by atoms with Crippen molar-refractivity contribution in [2.24, 2.45) is 5.41 Å². The molecule has 7 nitrogen and oxygen atoms in total. The fourth-order valence-corrected chi connectivity index (χ4v) is 2.11. The van der Waals surface area contributed by atoms with Gasteiger partial charge in [0.1, 0.15) is 5.75 Å². The quantitative estimate of drug-likeness (QED) is 0.918. The molecule has 0 spiro atoms. The third-order valence-corrected chi connectivity index (χ3v) is 3.69. The molecule has 132 valence electrons. The van der Waals surface area contributed by atoms with E-state index >= 15 is 0 Å². The summed E-state index contributed by atoms with van der Waals surface area (Å²) in [5.41, 5.74) is 0.172. The molecule has 1 saturated heterocycles. The van der Waals surface area contributed by atoms with Crippen molar-refractivity contribution in [3.63, 3.8) is 0 Å². The van der Waals surface area contributed by atoms with Gasteiger partial charge in [-0.25, -0.2) is 9.59 Å². The van der Waals surface area contributed by atoms with Crippen molar-refractivity contribution in [1.29, 1.82) is 0 Å². The molecule has 0 unspecified atom stereocenters. The predicted molar refractivity (Wildman–Crippen MR) is 90.7 cm³/mol. The first-order chi connectivity index (χ1) is 11.3. The lowest BCUT2D eigenvalue weighted by atomic mass is 9.98. The van der Waals surface area contributed by atoms with Gasteiger partial charge in [-0.15, -0.1) is 5.06 Å². The highest BCUT2D eigenvalue weighted by Crippen LogP contribution is 2.18. The Balaban J connectivity index is 1.81. The van der Waals surface area contributed by atoms with Gasteiger partial charge in [-0.3, -0.25) is 0 Å². The first kappa shape index (κ1) is 18.1. The van der Waals surface area contributed by atoms with Crippen LogP contribution >= 0.6 is 0 Å². The Bertz CT molecular complexity index is 572. The zero-order valence-corrected chi connectivity index (χ0v) is 14.7. The predicted octanol–water partition coefficient (Wildman–Crippen LogP) is 2.35. The minimum Gasteiger partial charge on any atom is -0.497 e. The largest absolute Gasteiger partial charge is 0.497 e. The third-order valence-electron chi connectivity index (χ3n) is 3.69. The first-order valence-corrected chi connectivity index (χ1v) is 7.97. The van der Waals surface area contributed by atoms with Crippen LogP contribution in [0.25, 0.3) is 0 Å². The van der Waals surface area contributed by atoms with E-state index in [4.69, 9.17) is 9.57 Å². The molecule has 0 saturated carbocycles. The number of hydrogen-bond donors (Lipinski definition) is 1. The minimum absolute atomic E-state index is 0.165. The zero-order chi connectivity index (χ0) is 17.7. The highest BCUT2D eigenvalue weighted by molar-refractivity contribution is 5.89. The number of urea groups is 1. The summed E-state index contributed by atoms with van der Waals surface area (Å²) in [5, 5.41) is 4.46. The Morgan fingerprint density at radius 1 is 1.04 bits per heavy atom. The summed E-state index contributed by atoms with van der Waals surface area (Å²) < 4.78 is 5.09. The van der Waals surface area contributed by atoms with Gasteiger partial charge in [0.05, 0.1) is 25.6 Å². The van der Waals surface area contributed by atoms with Gasteiger partial charge in [-0.1, -0.05) is 0 Å². The molecule has 0 radical (unpaired) electrons. The van der Waals surface area contributed by atoms with E-state index in [-0.39, 0.29) is 12.0 Å². The smallest absolute Gasteiger partial charge is 0.330 e. The third kappa shape index (κ3) is 4.86. The molecule has 1 aliphatic rings. The Kier molecular flexibility index (Phi) is 5.66. The second kappa shape index (κ2) is 7.53. The fraction of sp³-hybridized carbons (Fsp3) is 0.529. The summed E-state index contributed by atoms with van der Waals surface area (Å²) in [4.78, 5) is 31.2. The number of nitrogens with one attached hydrogen (secondary N) is 1. The lowest BCUT2D eigenvalue weighted by Gasteiger charge is -2.34. The van der Waals surface area contributed by atoms with Gasteiger partial charge in [-0.2, -0.15) is 0 Å². The van der Waals surface area contributed by atoms with E-state index in [0.717, 1.165) is 5.75 Å². The van der Waals surface area contributed by atoms with E-state index in [1.807, 2.05) is 20.8 Å². The number of hydrogen-bond acceptors (Lipinski definition) is 5. The molecule has 0 aliphatic carbocycles. The van der Waals surface area contributed by atoms with Crippen molar-refractivity contribution < 1.29 is 19.2 Å². The van der Waals surface area contributed by atoms with Crippen LogP contribution in [0.4, 0.5) is 10.5 Å². The van der Waals surface area contributed by atoms with Gasteiger partial charge in [0, 0.05) is 18.8 Å². The highest BCUT2D eigenvalue weighted by atomic mass is 16.7. The number of methoxy groups -OCH3 is 1. The van der Waals surface area contributed by atoms with Crippen molar-refractivity contribution >= 4 is 17.7 Å². The van der Waals surface area contributed by atoms with Crippen molar-refractivity contribution in [2.75, 3.05) is 38.6 Å². The molecule has 0 aromatic heterocycles. The van der Waals surface area contributed by atoms with Crippen LogP contribution < -0.4 is 10.1 Å². The molecule has 0 bridgehead atoms. The van der Waals surface area contributed by atoms with Crippen LogP contribution in [-0.2, 0) is 9.63 Å². The highest BCUT2D eigenvalue weighted by Gasteiger charge is 2.28. The molecule has 24 heavy (non-hydrogen) atoms. The first-order valence-electron chi connectivity index (χ1n) is 7.97. The van der Waals surface area contributed by atoms with Gasteiger partial charge < -0.3 is 19.8 Å². The van der Waals surface area contributed by atoms with Crippen LogP contribution in [0.2, 0.25) is 0 Å². The molecular formula is C17H25N3O4. The molecule has 1 aromatic carbocycles. The van der Waals surface area contributed by atoms with Crippen LogP contribution in [0.3, 0.4) is 0 Å². The summed E-state index contributed by atoms with van der Waals surface area (Å²) in [7, 11) is 1.60. The topological polar surface area (TPSA) is 71.1 Å². The van der Waals surface area contributed by atoms with Crippen LogP contribution in [0.5, 0.6) is 5.75 Å². The summed E-state index contributed by atoms with van der Waals surface area (Å²) in [6.07, 6.45) is 0. The monoisotopic (exact) mass is 335 g/mol. The Labute approximate surface area is 142 Å². The fourth-order valence-electron chi connectivity index (χ4n) is 2.11. The molecule has 0 atom stereocenters. The molecule has 1 aromatic rings. The van der Waals surface area contributed by atoms with Crippen LogP contribution in [-0.4, -0.2) is 55.3 Å². The number of hydroxylamine groups is 2. The number of nitrogens with zero attached hydrogens (tertiary/aromatic N) is 2. The normalized spacial score (nSPS) is 15.8. The van der Waals surface area contributed by atoms with Gasteiger partial charge in [-0.05, 0) is 45.0 Å². The average Bonchev–Trinajstić information content (AvgIpc) is 2.55. The van der Waals surface area contributed by atoms with Crippen LogP contribution in [0.15, 0.2) is 24.3 Å². The maximum absolute atomic E-state index is 12.3. The Morgan fingerprint density at radius 3 is 2.12 bits per heavy atom. The number of carbonyl (C=O) groups is 2. The number of carbonyl (C=O) groups excluding carboxylic acids is 2. The maximum atomic E-state index is 12.3. The number of benzene rings is 1. The molecule has 2 amide bonds. The number of rotatable bonds is 3. The standard InChI is InChI=1S/C17H25N3O4/c1-17(2,3)15(21)24-20-11-9-19(10-12-20)16(22)18-13-5-7-14(23-4)8-6-13/h5-8H,9-12H2,1-4H3,(H,18,22). The van der Waals surface area contributed by atoms with Gasteiger partial charge in [0.2, 0.25) is 0 Å². The molecular weight excluding hydrogens is 310 g/mol. The molecule has 1 fully saturated rings. The summed E-state index contributed by atoms with van der Waals surface area (Å²) in [6.45, 7) is 7.43. The summed E-state index contributed by atoms with van der Waals surface area (Å²) in [5.74, 6) is 0.473. The van der Waals surface area contributed by atoms with Crippen molar-refractivity contribution in [3.05, 3.63) is 24.3 Å². The van der Waals surface area contributed by atoms with Crippen LogP contribution in [0, 0.1) is 5.41 Å². The van der Waals surface area contributed by atoms with Gasteiger partial charge in [0.15, 0.2) is 0 Å². The van der Waals surface area contributed by atoms with E-state index in [9.17, 15) is 9.59 Å². The van der Waals surface area contributed by atoms with Crippen molar-refractivity contribution in [2.45, 2.75) is 20.8 Å². The lowest BCUT2D eigenvalue weighted by Crippen LogP contribution is -2.51. The molecule has 1 heterocycles. The van der Waals surface area contributed by atoms with E-state index in [1.54, 1.807) is 41.3 Å². The van der Waals surface area contributed by atoms with E-state index in [2.05, 4.69) is 5.32 Å². The minimum atomic E-state index is -0.539. The van der Waals surface area contributed by atoms with Crippen LogP contribution in [0.1, 0.15) is 20.8 Å². The lowest BCUT2D eigenvalue weighted by molar-refractivity contribution is -0.205. The molecule has 2 rings (SSSR count). The second-order valence-corrected chi connectivity index (χ2v) is 6.70.